The third-order valence-corrected chi connectivity index (χ3v) is 6.34. The third kappa shape index (κ3) is 5.95. The van der Waals surface area contributed by atoms with Gasteiger partial charge in [-0.05, 0) is 33.6 Å². The number of hydrogen-bond acceptors (Lipinski definition) is 4. The van der Waals surface area contributed by atoms with Crippen molar-refractivity contribution >= 4 is 18.0 Å². The summed E-state index contributed by atoms with van der Waals surface area (Å²) in [6.07, 6.45) is -0.0434. The van der Waals surface area contributed by atoms with Gasteiger partial charge in [-0.2, -0.15) is 0 Å². The molecule has 2 amide bonds. The average molecular weight is 467 g/mol. The van der Waals surface area contributed by atoms with Crippen molar-refractivity contribution in [3.8, 4) is 11.1 Å². The molecule has 0 aliphatic heterocycles. The second-order valence-corrected chi connectivity index (χ2v) is 9.89. The van der Waals surface area contributed by atoms with Crippen molar-refractivity contribution in [2.24, 2.45) is 11.3 Å². The molecule has 1 aliphatic carbocycles. The first kappa shape index (κ1) is 25.3. The highest BCUT2D eigenvalue weighted by molar-refractivity contribution is 5.86. The maximum Gasteiger partial charge on any atom is 0.407 e. The number of nitrogens with one attached hydrogen (secondary N) is 2. The number of hydrogen-bond donors (Lipinski definition) is 3. The summed E-state index contributed by atoms with van der Waals surface area (Å²) in [6, 6.07) is 15.4. The van der Waals surface area contributed by atoms with Crippen molar-refractivity contribution in [1.82, 2.24) is 10.6 Å². The van der Waals surface area contributed by atoms with Crippen molar-refractivity contribution < 1.29 is 24.2 Å². The van der Waals surface area contributed by atoms with Crippen molar-refractivity contribution in [1.29, 1.82) is 0 Å². The number of alkyl carbamates (subject to hydrolysis) is 1. The van der Waals surface area contributed by atoms with E-state index in [1.807, 2.05) is 64.1 Å². The summed E-state index contributed by atoms with van der Waals surface area (Å²) in [5.74, 6) is -1.49. The Morgan fingerprint density at radius 1 is 1.00 bits per heavy atom. The Morgan fingerprint density at radius 3 is 2.06 bits per heavy atom. The summed E-state index contributed by atoms with van der Waals surface area (Å²) in [5.41, 5.74) is 3.96. The zero-order valence-corrected chi connectivity index (χ0v) is 20.3. The lowest BCUT2D eigenvalue weighted by molar-refractivity contribution is -0.138. The maximum atomic E-state index is 12.9. The van der Waals surface area contributed by atoms with Gasteiger partial charge in [0.2, 0.25) is 5.91 Å². The lowest BCUT2D eigenvalue weighted by Crippen LogP contribution is -2.54. The smallest absolute Gasteiger partial charge is 0.407 e. The number of benzene rings is 2. The van der Waals surface area contributed by atoms with Crippen LogP contribution in [-0.2, 0) is 14.3 Å². The van der Waals surface area contributed by atoms with Crippen molar-refractivity contribution in [3.05, 3.63) is 59.7 Å². The zero-order chi connectivity index (χ0) is 24.9. The van der Waals surface area contributed by atoms with Crippen LogP contribution in [0.25, 0.3) is 11.1 Å². The normalized spacial score (nSPS) is 14.5. The topological polar surface area (TPSA) is 105 Å². The third-order valence-electron chi connectivity index (χ3n) is 6.34. The van der Waals surface area contributed by atoms with E-state index < -0.39 is 23.5 Å². The molecule has 0 saturated heterocycles. The Morgan fingerprint density at radius 2 is 1.56 bits per heavy atom. The van der Waals surface area contributed by atoms with Gasteiger partial charge in [-0.3, -0.25) is 9.59 Å². The number of carboxylic acids is 1. The highest BCUT2D eigenvalue weighted by Crippen LogP contribution is 2.44. The van der Waals surface area contributed by atoms with Crippen LogP contribution in [0.2, 0.25) is 0 Å². The Balaban J connectivity index is 1.64. The van der Waals surface area contributed by atoms with Gasteiger partial charge in [0, 0.05) is 18.9 Å². The molecule has 0 saturated carbocycles. The van der Waals surface area contributed by atoms with E-state index in [0.29, 0.717) is 6.42 Å². The minimum atomic E-state index is -0.898. The van der Waals surface area contributed by atoms with Gasteiger partial charge in [0.15, 0.2) is 0 Å². The molecular formula is C27H34N2O5. The average Bonchev–Trinajstić information content (AvgIpc) is 3.11. The number of carboxylic acid groups (broad SMARTS) is 1. The van der Waals surface area contributed by atoms with Crippen molar-refractivity contribution in [2.75, 3.05) is 13.2 Å². The molecule has 2 aromatic carbocycles. The molecule has 7 nitrogen and oxygen atoms in total. The van der Waals surface area contributed by atoms with E-state index in [2.05, 4.69) is 22.8 Å². The number of fused-ring (bicyclic) bond motifs is 3. The monoisotopic (exact) mass is 466 g/mol. The predicted molar refractivity (Wildman–Crippen MR) is 130 cm³/mol. The minimum Gasteiger partial charge on any atom is -0.481 e. The number of carbonyl (C=O) groups is 3. The summed E-state index contributed by atoms with van der Waals surface area (Å²) in [7, 11) is 0. The lowest BCUT2D eigenvalue weighted by Gasteiger charge is -2.30. The summed E-state index contributed by atoms with van der Waals surface area (Å²) in [6.45, 7) is 7.85. The quantitative estimate of drug-likeness (QED) is 0.503. The van der Waals surface area contributed by atoms with E-state index >= 15 is 0 Å². The highest BCUT2D eigenvalue weighted by Gasteiger charge is 2.34. The molecule has 0 radical (unpaired) electrons. The molecule has 0 heterocycles. The Hall–Kier alpha value is -3.35. The second kappa shape index (κ2) is 10.7. The minimum absolute atomic E-state index is 0.0171. The molecule has 0 spiro atoms. The number of carbonyl (C=O) groups excluding carboxylic acids is 2. The maximum absolute atomic E-state index is 12.9. The fourth-order valence-corrected chi connectivity index (χ4v) is 4.39. The summed E-state index contributed by atoms with van der Waals surface area (Å²) in [5, 5.41) is 14.5. The van der Waals surface area contributed by atoms with Crippen LogP contribution in [0, 0.1) is 11.3 Å². The first-order valence-electron chi connectivity index (χ1n) is 11.7. The summed E-state index contributed by atoms with van der Waals surface area (Å²) >= 11 is 0. The fourth-order valence-electron chi connectivity index (χ4n) is 4.39. The molecule has 1 aliphatic rings. The lowest BCUT2D eigenvalue weighted by atomic mass is 9.86. The zero-order valence-electron chi connectivity index (χ0n) is 20.3. The number of ether oxygens (including phenoxy) is 1. The molecule has 3 rings (SSSR count). The molecule has 2 atom stereocenters. The van der Waals surface area contributed by atoms with Crippen molar-refractivity contribution in [3.63, 3.8) is 0 Å². The van der Waals surface area contributed by atoms with Gasteiger partial charge in [-0.15, -0.1) is 0 Å². The van der Waals surface area contributed by atoms with Crippen molar-refractivity contribution in [2.45, 2.75) is 52.5 Å². The van der Waals surface area contributed by atoms with Gasteiger partial charge in [-0.25, -0.2) is 4.79 Å². The molecule has 34 heavy (non-hydrogen) atoms. The van der Waals surface area contributed by atoms with Gasteiger partial charge in [0.05, 0.1) is 0 Å². The second-order valence-electron chi connectivity index (χ2n) is 9.89. The number of rotatable bonds is 9. The highest BCUT2D eigenvalue weighted by atomic mass is 16.5. The van der Waals surface area contributed by atoms with Gasteiger partial charge in [0.25, 0.3) is 0 Å². The molecule has 1 unspecified atom stereocenters. The molecule has 3 N–H and O–H groups in total. The van der Waals surface area contributed by atoms with Crippen LogP contribution in [0.3, 0.4) is 0 Å². The van der Waals surface area contributed by atoms with E-state index in [-0.39, 0.29) is 37.3 Å². The van der Waals surface area contributed by atoms with Gasteiger partial charge in [-0.1, -0.05) is 82.6 Å². The molecular weight excluding hydrogens is 432 g/mol. The van der Waals surface area contributed by atoms with Crippen LogP contribution >= 0.6 is 0 Å². The van der Waals surface area contributed by atoms with Gasteiger partial charge < -0.3 is 20.5 Å². The van der Waals surface area contributed by atoms with Crippen LogP contribution in [0.5, 0.6) is 0 Å². The largest absolute Gasteiger partial charge is 0.481 e. The molecule has 0 aromatic heterocycles. The molecule has 7 heteroatoms. The Kier molecular flexibility index (Phi) is 7.97. The number of aliphatic carboxylic acids is 1. The SMILES string of the molecule is CCC(CNC(=O)[C@@H](NC(=O)OCC1c2ccccc2-c2ccccc21)C(C)(C)C)CC(=O)O. The molecule has 2 aromatic rings. The van der Waals surface area contributed by atoms with Crippen LogP contribution in [-0.4, -0.2) is 42.3 Å². The van der Waals surface area contributed by atoms with E-state index in [1.54, 1.807) is 0 Å². The molecule has 182 valence electrons. The van der Waals surface area contributed by atoms with Gasteiger partial charge in [0.1, 0.15) is 12.6 Å². The van der Waals surface area contributed by atoms with Crippen LogP contribution in [0.1, 0.15) is 57.6 Å². The molecule has 0 bridgehead atoms. The number of amides is 2. The first-order valence-corrected chi connectivity index (χ1v) is 11.7. The van der Waals surface area contributed by atoms with E-state index in [9.17, 15) is 14.4 Å². The van der Waals surface area contributed by atoms with Gasteiger partial charge >= 0.3 is 12.1 Å². The fraction of sp³-hybridized carbons (Fsp3) is 0.444. The first-order chi connectivity index (χ1) is 16.1. The Bertz CT molecular complexity index is 998. The van der Waals surface area contributed by atoms with Crippen LogP contribution in [0.15, 0.2) is 48.5 Å². The van der Waals surface area contributed by atoms with Crippen LogP contribution < -0.4 is 10.6 Å². The van der Waals surface area contributed by atoms with Crippen LogP contribution in [0.4, 0.5) is 4.79 Å². The molecule has 0 fully saturated rings. The predicted octanol–water partition coefficient (Wildman–Crippen LogP) is 4.56. The van der Waals surface area contributed by atoms with E-state index in [1.165, 1.54) is 0 Å². The summed E-state index contributed by atoms with van der Waals surface area (Å²) < 4.78 is 5.61. The standard InChI is InChI=1S/C27H34N2O5/c1-5-17(14-23(30)31)15-28-25(32)24(27(2,3)4)29-26(33)34-16-22-20-12-8-6-10-18(20)19-11-7-9-13-21(19)22/h6-13,17,22,24H,5,14-16H2,1-4H3,(H,28,32)(H,29,33)(H,30,31)/t17?,24-/m1/s1. The Labute approximate surface area is 200 Å². The van der Waals surface area contributed by atoms with E-state index in [4.69, 9.17) is 9.84 Å². The summed E-state index contributed by atoms with van der Waals surface area (Å²) in [4.78, 5) is 36.6. The van der Waals surface area contributed by atoms with E-state index in [0.717, 1.165) is 22.3 Å².